The Hall–Kier alpha value is -1.76. The first-order valence-electron chi connectivity index (χ1n) is 7.17. The molecule has 1 amide bonds. The minimum Gasteiger partial charge on any atom is -0.482 e. The van der Waals surface area contributed by atoms with Crippen molar-refractivity contribution in [3.8, 4) is 5.75 Å². The van der Waals surface area contributed by atoms with Crippen LogP contribution in [0.15, 0.2) is 18.2 Å². The normalized spacial score (nSPS) is 16.4. The molecule has 0 bridgehead atoms. The lowest BCUT2D eigenvalue weighted by molar-refractivity contribution is -0.153. The predicted molar refractivity (Wildman–Crippen MR) is 77.0 cm³/mol. The van der Waals surface area contributed by atoms with Gasteiger partial charge in [0, 0.05) is 5.92 Å². The number of alkyl halides is 3. The van der Waals surface area contributed by atoms with Crippen LogP contribution in [0.3, 0.4) is 0 Å². The summed E-state index contributed by atoms with van der Waals surface area (Å²) in [6, 6.07) is 4.78. The number of carbonyl (C=O) groups is 1. The van der Waals surface area contributed by atoms with Crippen molar-refractivity contribution in [2.75, 3.05) is 25.0 Å². The van der Waals surface area contributed by atoms with E-state index in [4.69, 9.17) is 4.74 Å². The van der Waals surface area contributed by atoms with Gasteiger partial charge in [-0.05, 0) is 50.6 Å². The smallest absolute Gasteiger partial charge is 0.422 e. The third-order valence-electron chi connectivity index (χ3n) is 3.50. The second kappa shape index (κ2) is 7.00. The second-order valence-electron chi connectivity index (χ2n) is 5.42. The Bertz CT molecular complexity index is 526. The average molecular weight is 316 g/mol. The fourth-order valence-corrected chi connectivity index (χ4v) is 2.33. The highest BCUT2D eigenvalue weighted by Gasteiger charge is 2.29. The van der Waals surface area contributed by atoms with E-state index >= 15 is 0 Å². The Balaban J connectivity index is 2.07. The maximum atomic E-state index is 12.3. The molecule has 7 heteroatoms. The highest BCUT2D eigenvalue weighted by atomic mass is 19.4. The van der Waals surface area contributed by atoms with Crippen molar-refractivity contribution in [1.29, 1.82) is 0 Å². The average Bonchev–Trinajstić information content (AvgIpc) is 2.47. The summed E-state index contributed by atoms with van der Waals surface area (Å²) < 4.78 is 41.7. The molecule has 0 saturated carbocycles. The molecule has 0 aromatic heterocycles. The molecular weight excluding hydrogens is 297 g/mol. The molecule has 0 aliphatic carbocycles. The Morgan fingerprint density at radius 1 is 1.36 bits per heavy atom. The largest absolute Gasteiger partial charge is 0.482 e. The zero-order valence-electron chi connectivity index (χ0n) is 12.3. The van der Waals surface area contributed by atoms with E-state index in [1.54, 1.807) is 19.1 Å². The van der Waals surface area contributed by atoms with E-state index in [1.165, 1.54) is 6.07 Å². The Morgan fingerprint density at radius 2 is 2.05 bits per heavy atom. The molecule has 1 aliphatic heterocycles. The number of nitrogens with one attached hydrogen (secondary N) is 2. The van der Waals surface area contributed by atoms with Gasteiger partial charge in [-0.3, -0.25) is 4.79 Å². The Morgan fingerprint density at radius 3 is 2.68 bits per heavy atom. The highest BCUT2D eigenvalue weighted by Crippen LogP contribution is 2.29. The third-order valence-corrected chi connectivity index (χ3v) is 3.50. The number of carbonyl (C=O) groups excluding carboxylic acids is 1. The molecule has 0 radical (unpaired) electrons. The van der Waals surface area contributed by atoms with Gasteiger partial charge in [-0.1, -0.05) is 6.07 Å². The quantitative estimate of drug-likeness (QED) is 0.898. The van der Waals surface area contributed by atoms with Gasteiger partial charge in [0.2, 0.25) is 5.91 Å². The van der Waals surface area contributed by atoms with Crippen LogP contribution in [0.2, 0.25) is 0 Å². The van der Waals surface area contributed by atoms with Gasteiger partial charge in [-0.2, -0.15) is 13.2 Å². The van der Waals surface area contributed by atoms with Crippen LogP contribution in [0.5, 0.6) is 5.75 Å². The summed E-state index contributed by atoms with van der Waals surface area (Å²) in [6.07, 6.45) is -2.98. The van der Waals surface area contributed by atoms with Gasteiger partial charge in [0.25, 0.3) is 0 Å². The Labute approximate surface area is 127 Å². The van der Waals surface area contributed by atoms with Crippen molar-refractivity contribution in [3.05, 3.63) is 23.8 Å². The molecule has 4 nitrogen and oxygen atoms in total. The standard InChI is InChI=1S/C15H19F3N2O2/c1-10-2-3-12(13(8-10)22-9-15(16,17)18)20-14(21)11-4-6-19-7-5-11/h2-3,8,11,19H,4-7,9H2,1H3,(H,20,21). The summed E-state index contributed by atoms with van der Waals surface area (Å²) in [5, 5.41) is 5.84. The molecule has 1 saturated heterocycles. The van der Waals surface area contributed by atoms with Crippen LogP contribution in [0, 0.1) is 12.8 Å². The number of hydrogen-bond acceptors (Lipinski definition) is 3. The van der Waals surface area contributed by atoms with E-state index in [9.17, 15) is 18.0 Å². The van der Waals surface area contributed by atoms with Crippen molar-refractivity contribution >= 4 is 11.6 Å². The van der Waals surface area contributed by atoms with Crippen LogP contribution < -0.4 is 15.4 Å². The summed E-state index contributed by atoms with van der Waals surface area (Å²) >= 11 is 0. The van der Waals surface area contributed by atoms with Crippen LogP contribution in [0.4, 0.5) is 18.9 Å². The molecule has 1 fully saturated rings. The summed E-state index contributed by atoms with van der Waals surface area (Å²) in [5.41, 5.74) is 1.04. The number of ether oxygens (including phenoxy) is 1. The minimum absolute atomic E-state index is 0.0413. The van der Waals surface area contributed by atoms with E-state index in [-0.39, 0.29) is 23.3 Å². The Kier molecular flexibility index (Phi) is 5.28. The van der Waals surface area contributed by atoms with Gasteiger partial charge in [0.15, 0.2) is 6.61 Å². The van der Waals surface area contributed by atoms with Crippen LogP contribution in [0.25, 0.3) is 0 Å². The molecule has 1 aromatic rings. The van der Waals surface area contributed by atoms with E-state index in [2.05, 4.69) is 10.6 Å². The molecule has 2 N–H and O–H groups in total. The fourth-order valence-electron chi connectivity index (χ4n) is 2.33. The lowest BCUT2D eigenvalue weighted by Crippen LogP contribution is -2.34. The summed E-state index contributed by atoms with van der Waals surface area (Å²) in [5.74, 6) is -0.264. The SMILES string of the molecule is Cc1ccc(NC(=O)C2CCNCC2)c(OCC(F)(F)F)c1. The molecular formula is C15H19F3N2O2. The number of amides is 1. The number of piperidine rings is 1. The first-order chi connectivity index (χ1) is 10.3. The molecule has 1 heterocycles. The van der Waals surface area contributed by atoms with Gasteiger partial charge < -0.3 is 15.4 Å². The van der Waals surface area contributed by atoms with Gasteiger partial charge in [-0.25, -0.2) is 0 Å². The number of rotatable bonds is 4. The second-order valence-corrected chi connectivity index (χ2v) is 5.42. The van der Waals surface area contributed by atoms with Crippen molar-refractivity contribution in [1.82, 2.24) is 5.32 Å². The molecule has 0 atom stereocenters. The third kappa shape index (κ3) is 4.91. The maximum Gasteiger partial charge on any atom is 0.422 e. The number of benzene rings is 1. The zero-order valence-corrected chi connectivity index (χ0v) is 12.3. The topological polar surface area (TPSA) is 50.4 Å². The molecule has 0 unspecified atom stereocenters. The van der Waals surface area contributed by atoms with Crippen LogP contribution in [-0.4, -0.2) is 31.8 Å². The van der Waals surface area contributed by atoms with Crippen LogP contribution >= 0.6 is 0 Å². The van der Waals surface area contributed by atoms with Crippen LogP contribution in [-0.2, 0) is 4.79 Å². The monoisotopic (exact) mass is 316 g/mol. The van der Waals surface area contributed by atoms with Gasteiger partial charge in [0.05, 0.1) is 5.69 Å². The lowest BCUT2D eigenvalue weighted by atomic mass is 9.97. The molecule has 1 aromatic carbocycles. The molecule has 0 spiro atoms. The molecule has 1 aliphatic rings. The predicted octanol–water partition coefficient (Wildman–Crippen LogP) is 2.87. The summed E-state index contributed by atoms with van der Waals surface area (Å²) in [6.45, 7) is 1.90. The molecule has 2 rings (SSSR count). The maximum absolute atomic E-state index is 12.3. The lowest BCUT2D eigenvalue weighted by Gasteiger charge is -2.22. The van der Waals surface area contributed by atoms with Gasteiger partial charge in [0.1, 0.15) is 5.75 Å². The number of anilines is 1. The zero-order chi connectivity index (χ0) is 16.2. The highest BCUT2D eigenvalue weighted by molar-refractivity contribution is 5.94. The van der Waals surface area contributed by atoms with E-state index in [0.717, 1.165) is 31.5 Å². The summed E-state index contributed by atoms with van der Waals surface area (Å²) in [7, 11) is 0. The number of hydrogen-bond donors (Lipinski definition) is 2. The fraction of sp³-hybridized carbons (Fsp3) is 0.533. The first kappa shape index (κ1) is 16.6. The van der Waals surface area contributed by atoms with Crippen molar-refractivity contribution in [2.45, 2.75) is 25.9 Å². The van der Waals surface area contributed by atoms with Crippen molar-refractivity contribution in [2.24, 2.45) is 5.92 Å². The number of aryl methyl sites for hydroxylation is 1. The van der Waals surface area contributed by atoms with E-state index in [0.29, 0.717) is 0 Å². The molecule has 22 heavy (non-hydrogen) atoms. The van der Waals surface area contributed by atoms with Crippen molar-refractivity contribution in [3.63, 3.8) is 0 Å². The summed E-state index contributed by atoms with van der Waals surface area (Å²) in [4.78, 5) is 12.2. The number of halogens is 3. The minimum atomic E-state index is -4.42. The van der Waals surface area contributed by atoms with Gasteiger partial charge in [-0.15, -0.1) is 0 Å². The van der Waals surface area contributed by atoms with E-state index < -0.39 is 12.8 Å². The molecule has 122 valence electrons. The van der Waals surface area contributed by atoms with Crippen molar-refractivity contribution < 1.29 is 22.7 Å². The first-order valence-corrected chi connectivity index (χ1v) is 7.17. The van der Waals surface area contributed by atoms with E-state index in [1.807, 2.05) is 0 Å². The van der Waals surface area contributed by atoms with Gasteiger partial charge >= 0.3 is 6.18 Å². The van der Waals surface area contributed by atoms with Crippen LogP contribution in [0.1, 0.15) is 18.4 Å².